The number of hydrogen-bond donors (Lipinski definition) is 0. The molecule has 1 aliphatic heterocycles. The fourth-order valence-corrected chi connectivity index (χ4v) is 15.3. The molecule has 0 aliphatic carbocycles. The Labute approximate surface area is 113 Å². The third-order valence-corrected chi connectivity index (χ3v) is 15.1. The molecule has 0 bridgehead atoms. The maximum absolute atomic E-state index is 6.02. The molecule has 3 nitrogen and oxygen atoms in total. The minimum atomic E-state index is -2.74. The van der Waals surface area contributed by atoms with E-state index in [0.717, 1.165) is 0 Å². The summed E-state index contributed by atoms with van der Waals surface area (Å²) in [5.41, 5.74) is 8.12. The van der Waals surface area contributed by atoms with Crippen molar-refractivity contribution in [3.63, 3.8) is 0 Å². The van der Waals surface area contributed by atoms with Gasteiger partial charge in [-0.3, -0.25) is 0 Å². The van der Waals surface area contributed by atoms with Crippen LogP contribution in [0.25, 0.3) is 0 Å². The maximum Gasteiger partial charge on any atom is 0.407 e. The predicted octanol–water partition coefficient (Wildman–Crippen LogP) is 1.95. The molecule has 1 rings (SSSR count). The number of hydrogen-bond acceptors (Lipinski definition) is 3. The molecule has 6 heteroatoms. The summed E-state index contributed by atoms with van der Waals surface area (Å²) in [6.45, 7) is 5.86. The van der Waals surface area contributed by atoms with Crippen molar-refractivity contribution < 1.29 is 12.3 Å². The Bertz CT molecular complexity index is 368. The quantitative estimate of drug-likeness (QED) is 0.588. The van der Waals surface area contributed by atoms with E-state index in [1.165, 1.54) is 0 Å². The summed E-state index contributed by atoms with van der Waals surface area (Å²) in [5, 5.41) is 0. The van der Waals surface area contributed by atoms with Gasteiger partial charge in [-0.15, -0.1) is 19.3 Å². The highest BCUT2D eigenvalue weighted by molar-refractivity contribution is 7.01. The summed E-state index contributed by atoms with van der Waals surface area (Å²) in [6, 6.07) is 1.92. The van der Waals surface area contributed by atoms with Crippen LogP contribution < -0.4 is 0 Å². The van der Waals surface area contributed by atoms with Crippen molar-refractivity contribution in [1.29, 1.82) is 0 Å². The van der Waals surface area contributed by atoms with Gasteiger partial charge in [0, 0.05) is 0 Å². The first kappa shape index (κ1) is 15.3. The van der Waals surface area contributed by atoms with Gasteiger partial charge in [-0.25, -0.2) is 0 Å². The van der Waals surface area contributed by atoms with Crippen LogP contribution in [-0.4, -0.2) is 25.7 Å². The van der Waals surface area contributed by atoms with Gasteiger partial charge in [-0.2, -0.15) is 0 Å². The topological polar surface area (TPSA) is 27.7 Å². The van der Waals surface area contributed by atoms with E-state index in [4.69, 9.17) is 31.6 Å². The first-order valence-electron chi connectivity index (χ1n) is 6.02. The van der Waals surface area contributed by atoms with Crippen LogP contribution in [0.2, 0.25) is 18.1 Å². The third-order valence-electron chi connectivity index (χ3n) is 3.05. The lowest BCUT2D eigenvalue weighted by molar-refractivity contribution is 0.242. The molecule has 0 N–H and O–H groups in total. The average molecular weight is 295 g/mol. The largest absolute Gasteiger partial charge is 0.407 e. The smallest absolute Gasteiger partial charge is 0.397 e. The zero-order valence-corrected chi connectivity index (χ0v) is 14.1. The van der Waals surface area contributed by atoms with E-state index in [1.54, 1.807) is 0 Å². The molecular formula is C12H18O3Si3. The van der Waals surface area contributed by atoms with Gasteiger partial charge < -0.3 is 12.3 Å². The predicted molar refractivity (Wildman–Crippen MR) is 78.5 cm³/mol. The molecule has 1 fully saturated rings. The van der Waals surface area contributed by atoms with Gasteiger partial charge in [0.25, 0.3) is 0 Å². The van der Waals surface area contributed by atoms with E-state index in [0.29, 0.717) is 18.1 Å². The summed E-state index contributed by atoms with van der Waals surface area (Å²) in [5.74, 6) is 0. The first-order valence-corrected chi connectivity index (χ1v) is 12.1. The van der Waals surface area contributed by atoms with E-state index in [9.17, 15) is 0 Å². The number of rotatable bonds is 3. The van der Waals surface area contributed by atoms with E-state index < -0.39 is 25.7 Å². The molecular weight excluding hydrogens is 276 g/mol. The Morgan fingerprint density at radius 2 is 0.889 bits per heavy atom. The summed E-state index contributed by atoms with van der Waals surface area (Å²) in [6.07, 6.45) is 16.9. The van der Waals surface area contributed by atoms with E-state index >= 15 is 0 Å². The summed E-state index contributed by atoms with van der Waals surface area (Å²) in [7, 11) is -8.23. The van der Waals surface area contributed by atoms with Crippen molar-refractivity contribution in [2.75, 3.05) is 0 Å². The van der Waals surface area contributed by atoms with Gasteiger partial charge in [0.1, 0.15) is 0 Å². The molecule has 0 radical (unpaired) electrons. The Morgan fingerprint density at radius 3 is 1.00 bits per heavy atom. The van der Waals surface area contributed by atoms with Gasteiger partial charge in [-0.05, 0) is 18.1 Å². The van der Waals surface area contributed by atoms with Crippen LogP contribution in [0.15, 0.2) is 0 Å². The van der Waals surface area contributed by atoms with Gasteiger partial charge in [0.15, 0.2) is 0 Å². The summed E-state index contributed by atoms with van der Waals surface area (Å²) < 4.78 is 18.1. The Hall–Kier alpha value is -0.789. The van der Waals surface area contributed by atoms with E-state index in [2.05, 4.69) is 16.6 Å². The zero-order chi connectivity index (χ0) is 13.9. The van der Waals surface area contributed by atoms with Gasteiger partial charge in [-0.1, -0.05) is 37.4 Å². The maximum atomic E-state index is 6.02. The van der Waals surface area contributed by atoms with Crippen molar-refractivity contribution >= 4 is 25.7 Å². The van der Waals surface area contributed by atoms with E-state index in [1.807, 2.05) is 20.8 Å². The second kappa shape index (κ2) is 5.46. The molecule has 1 saturated heterocycles. The van der Waals surface area contributed by atoms with Crippen molar-refractivity contribution in [3.05, 3.63) is 0 Å². The van der Waals surface area contributed by atoms with Crippen LogP contribution in [0.5, 0.6) is 0 Å². The highest BCUT2D eigenvalue weighted by atomic mass is 28.5. The van der Waals surface area contributed by atoms with Crippen LogP contribution in [0, 0.1) is 35.9 Å². The van der Waals surface area contributed by atoms with Crippen molar-refractivity contribution in [3.8, 4) is 35.9 Å². The van der Waals surface area contributed by atoms with Gasteiger partial charge in [0.05, 0.1) is 0 Å². The van der Waals surface area contributed by atoms with Crippen LogP contribution >= 0.6 is 0 Å². The number of terminal acetylenes is 3. The Kier molecular flexibility index (Phi) is 4.63. The average Bonchev–Trinajstić information content (AvgIpc) is 2.46. The molecule has 96 valence electrons. The zero-order valence-electron chi connectivity index (χ0n) is 11.1. The van der Waals surface area contributed by atoms with Gasteiger partial charge >= 0.3 is 25.7 Å². The molecule has 1 aliphatic rings. The Balaban J connectivity index is 3.30. The summed E-state index contributed by atoms with van der Waals surface area (Å²) in [4.78, 5) is 0. The molecule has 0 aromatic carbocycles. The standard InChI is InChI=1S/C12H18O3Si3/c1-7-16(8-2)13-17(9-3,10-4)15-18(11-5,12-6)14-16/h1,3,5H,8,10,12H2,2,4,6H3. The molecule has 0 saturated carbocycles. The second-order valence-electron chi connectivity index (χ2n) is 4.06. The lowest BCUT2D eigenvalue weighted by atomic mass is 11.0. The molecule has 1 heterocycles. The first-order chi connectivity index (χ1) is 8.49. The van der Waals surface area contributed by atoms with Crippen molar-refractivity contribution in [2.24, 2.45) is 0 Å². The van der Waals surface area contributed by atoms with Crippen LogP contribution in [0.4, 0.5) is 0 Å². The van der Waals surface area contributed by atoms with Crippen molar-refractivity contribution in [1.82, 2.24) is 0 Å². The molecule has 0 amide bonds. The molecule has 0 aromatic heterocycles. The lowest BCUT2D eigenvalue weighted by Crippen LogP contribution is -2.69. The highest BCUT2D eigenvalue weighted by Crippen LogP contribution is 2.35. The fraction of sp³-hybridized carbons (Fsp3) is 0.500. The minimum absolute atomic E-state index is 0.639. The normalized spacial score (nSPS) is 39.3. The van der Waals surface area contributed by atoms with Crippen LogP contribution in [-0.2, 0) is 12.3 Å². The van der Waals surface area contributed by atoms with Gasteiger partial charge in [0.2, 0.25) is 0 Å². The van der Waals surface area contributed by atoms with E-state index in [-0.39, 0.29) is 0 Å². The SMILES string of the molecule is C#C[Si]1(CC)O[Si](C#C)(CC)O[Si](C#C)(CC)O1. The highest BCUT2D eigenvalue weighted by Gasteiger charge is 2.60. The lowest BCUT2D eigenvalue weighted by Gasteiger charge is -2.46. The molecule has 18 heavy (non-hydrogen) atoms. The van der Waals surface area contributed by atoms with Crippen LogP contribution in [0.1, 0.15) is 20.8 Å². The Morgan fingerprint density at radius 1 is 0.667 bits per heavy atom. The van der Waals surface area contributed by atoms with Crippen LogP contribution in [0.3, 0.4) is 0 Å². The molecule has 0 atom stereocenters. The monoisotopic (exact) mass is 294 g/mol. The molecule has 0 aromatic rings. The molecule has 0 spiro atoms. The van der Waals surface area contributed by atoms with Crippen molar-refractivity contribution in [2.45, 2.75) is 38.9 Å². The third kappa shape index (κ3) is 2.48. The molecule has 0 unspecified atom stereocenters. The summed E-state index contributed by atoms with van der Waals surface area (Å²) >= 11 is 0. The second-order valence-corrected chi connectivity index (χ2v) is 14.0. The minimum Gasteiger partial charge on any atom is -0.397 e. The fourth-order valence-electron chi connectivity index (χ4n) is 1.78.